The zero-order valence-corrected chi connectivity index (χ0v) is 13.4. The van der Waals surface area contributed by atoms with E-state index in [1.54, 1.807) is 0 Å². The topological polar surface area (TPSA) is 61.0 Å². The number of halogens is 1. The average Bonchev–Trinajstić information content (AvgIpc) is 2.50. The number of hydrogen-bond acceptors (Lipinski definition) is 4. The number of H-pyrrole nitrogens is 1. The van der Waals surface area contributed by atoms with Crippen molar-refractivity contribution in [1.29, 1.82) is 0 Å². The number of piperidine rings is 1. The molecule has 1 fully saturated rings. The number of aromatic amines is 1. The Morgan fingerprint density at radius 1 is 1.39 bits per heavy atom. The Hall–Kier alpha value is -1.95. The van der Waals surface area contributed by atoms with E-state index in [-0.39, 0.29) is 17.5 Å². The summed E-state index contributed by atoms with van der Waals surface area (Å²) in [5.74, 6) is 0.303. The fourth-order valence-corrected chi connectivity index (χ4v) is 4.35. The van der Waals surface area contributed by atoms with E-state index < -0.39 is 5.82 Å². The summed E-state index contributed by atoms with van der Waals surface area (Å²) in [6.45, 7) is 4.27. The summed E-state index contributed by atoms with van der Waals surface area (Å²) >= 11 is 0. The smallest absolute Gasteiger partial charge is 0.272 e. The summed E-state index contributed by atoms with van der Waals surface area (Å²) in [5.41, 5.74) is 1.25. The lowest BCUT2D eigenvalue weighted by molar-refractivity contribution is 0.179. The van der Waals surface area contributed by atoms with Crippen LogP contribution in [0, 0.1) is 11.7 Å². The van der Waals surface area contributed by atoms with Crippen LogP contribution in [0.5, 0.6) is 0 Å². The number of aromatic nitrogens is 2. The minimum absolute atomic E-state index is 0.155. The zero-order chi connectivity index (χ0) is 16.1. The van der Waals surface area contributed by atoms with Gasteiger partial charge in [0, 0.05) is 29.6 Å². The van der Waals surface area contributed by atoms with E-state index in [4.69, 9.17) is 0 Å². The number of nitrogens with one attached hydrogen (secondary N) is 2. The number of anilines is 1. The molecule has 0 radical (unpaired) electrons. The predicted molar refractivity (Wildman–Crippen MR) is 88.4 cm³/mol. The molecular weight excluding hydrogens is 295 g/mol. The lowest BCUT2D eigenvalue weighted by atomic mass is 9.76. The summed E-state index contributed by atoms with van der Waals surface area (Å²) in [6, 6.07) is 2.93. The molecule has 5 nitrogen and oxygen atoms in total. The van der Waals surface area contributed by atoms with Gasteiger partial charge in [-0.25, -0.2) is 9.49 Å². The molecule has 0 saturated carbocycles. The van der Waals surface area contributed by atoms with Gasteiger partial charge in [0.2, 0.25) is 0 Å². The number of rotatable bonds is 1. The van der Waals surface area contributed by atoms with Crippen LogP contribution in [-0.4, -0.2) is 41.3 Å². The molecule has 2 N–H and O–H groups in total. The van der Waals surface area contributed by atoms with Crippen molar-refractivity contribution >= 4 is 16.5 Å². The normalized spacial score (nSPS) is 27.9. The standard InChI is InChI=1S/C17H21FN4O/c1-9-14(10-4-3-5-22(2)8-10)16-15-12(17(23)21-20-16)6-11(18)7-13(15)19-9/h6-7,9-10,14,19H,3-5,8H2,1-2H3,(H,21,23). The van der Waals surface area contributed by atoms with Crippen molar-refractivity contribution < 1.29 is 4.39 Å². The maximum absolute atomic E-state index is 13.8. The molecule has 3 heterocycles. The average molecular weight is 316 g/mol. The Kier molecular flexibility index (Phi) is 3.37. The molecule has 122 valence electrons. The fourth-order valence-electron chi connectivity index (χ4n) is 4.35. The van der Waals surface area contributed by atoms with E-state index in [1.165, 1.54) is 18.6 Å². The van der Waals surface area contributed by atoms with Gasteiger partial charge in [-0.1, -0.05) is 0 Å². The second-order valence-electron chi connectivity index (χ2n) is 6.94. The molecule has 2 aliphatic rings. The Bertz CT molecular complexity index is 818. The summed E-state index contributed by atoms with van der Waals surface area (Å²) in [5, 5.41) is 11.5. The van der Waals surface area contributed by atoms with Crippen LogP contribution in [0.25, 0.3) is 10.8 Å². The first-order chi connectivity index (χ1) is 11.0. The Morgan fingerprint density at radius 3 is 3.00 bits per heavy atom. The molecular formula is C17H21FN4O. The van der Waals surface area contributed by atoms with Crippen molar-refractivity contribution in [3.63, 3.8) is 0 Å². The molecule has 2 aromatic rings. The first-order valence-electron chi connectivity index (χ1n) is 8.21. The summed E-state index contributed by atoms with van der Waals surface area (Å²) in [4.78, 5) is 14.4. The monoisotopic (exact) mass is 316 g/mol. The van der Waals surface area contributed by atoms with E-state index in [2.05, 4.69) is 34.4 Å². The molecule has 0 amide bonds. The number of likely N-dealkylation sites (tertiary alicyclic amines) is 1. The van der Waals surface area contributed by atoms with Gasteiger partial charge < -0.3 is 10.2 Å². The van der Waals surface area contributed by atoms with E-state index in [9.17, 15) is 9.18 Å². The fraction of sp³-hybridized carbons (Fsp3) is 0.529. The van der Waals surface area contributed by atoms with E-state index in [1.807, 2.05) is 0 Å². The molecule has 1 saturated heterocycles. The van der Waals surface area contributed by atoms with Gasteiger partial charge in [-0.2, -0.15) is 5.10 Å². The second-order valence-corrected chi connectivity index (χ2v) is 6.94. The summed E-state index contributed by atoms with van der Waals surface area (Å²) < 4.78 is 13.8. The van der Waals surface area contributed by atoms with Gasteiger partial charge in [0.25, 0.3) is 5.56 Å². The second kappa shape index (κ2) is 5.30. The minimum Gasteiger partial charge on any atom is -0.381 e. The number of nitrogens with zero attached hydrogens (tertiary/aromatic N) is 2. The van der Waals surface area contributed by atoms with Crippen molar-refractivity contribution in [2.75, 3.05) is 25.5 Å². The van der Waals surface area contributed by atoms with Gasteiger partial charge in [-0.3, -0.25) is 4.79 Å². The van der Waals surface area contributed by atoms with Crippen LogP contribution >= 0.6 is 0 Å². The van der Waals surface area contributed by atoms with Crippen LogP contribution in [0.2, 0.25) is 0 Å². The maximum atomic E-state index is 13.8. The Morgan fingerprint density at radius 2 is 2.22 bits per heavy atom. The zero-order valence-electron chi connectivity index (χ0n) is 13.4. The first kappa shape index (κ1) is 14.6. The lowest BCUT2D eigenvalue weighted by Gasteiger charge is -2.40. The van der Waals surface area contributed by atoms with Crippen molar-refractivity contribution in [3.8, 4) is 0 Å². The van der Waals surface area contributed by atoms with E-state index in [0.29, 0.717) is 17.0 Å². The van der Waals surface area contributed by atoms with Gasteiger partial charge >= 0.3 is 0 Å². The summed E-state index contributed by atoms with van der Waals surface area (Å²) in [6.07, 6.45) is 2.33. The highest BCUT2D eigenvalue weighted by Crippen LogP contribution is 2.42. The van der Waals surface area contributed by atoms with Crippen LogP contribution in [0.15, 0.2) is 16.9 Å². The van der Waals surface area contributed by atoms with Crippen LogP contribution in [0.1, 0.15) is 31.4 Å². The van der Waals surface area contributed by atoms with Gasteiger partial charge in [-0.05, 0) is 51.4 Å². The quantitative estimate of drug-likeness (QED) is 0.847. The molecule has 2 aliphatic heterocycles. The third-order valence-electron chi connectivity index (χ3n) is 5.29. The van der Waals surface area contributed by atoms with Crippen molar-refractivity contribution in [3.05, 3.63) is 34.0 Å². The molecule has 6 heteroatoms. The molecule has 0 aliphatic carbocycles. The van der Waals surface area contributed by atoms with E-state index in [0.717, 1.165) is 30.6 Å². The third kappa shape index (κ3) is 2.32. The Labute approximate surface area is 133 Å². The van der Waals surface area contributed by atoms with Crippen molar-refractivity contribution in [2.24, 2.45) is 5.92 Å². The maximum Gasteiger partial charge on any atom is 0.272 e. The molecule has 3 atom stereocenters. The van der Waals surface area contributed by atoms with Gasteiger partial charge in [-0.15, -0.1) is 0 Å². The Balaban J connectivity index is 1.90. The highest BCUT2D eigenvalue weighted by Gasteiger charge is 2.37. The van der Waals surface area contributed by atoms with Crippen molar-refractivity contribution in [1.82, 2.24) is 15.1 Å². The van der Waals surface area contributed by atoms with Gasteiger partial charge in [0.1, 0.15) is 5.82 Å². The van der Waals surface area contributed by atoms with Crippen LogP contribution in [0.4, 0.5) is 10.1 Å². The van der Waals surface area contributed by atoms with Gasteiger partial charge in [0.05, 0.1) is 11.1 Å². The lowest BCUT2D eigenvalue weighted by Crippen LogP contribution is -2.42. The summed E-state index contributed by atoms with van der Waals surface area (Å²) in [7, 11) is 2.15. The van der Waals surface area contributed by atoms with Crippen LogP contribution < -0.4 is 10.9 Å². The minimum atomic E-state index is -0.398. The number of benzene rings is 1. The highest BCUT2D eigenvalue weighted by atomic mass is 19.1. The SMILES string of the molecule is CC1Nc2cc(F)cc3c(=O)[nH]nc(c23)C1C1CCCN(C)C1. The van der Waals surface area contributed by atoms with Crippen molar-refractivity contribution in [2.45, 2.75) is 31.7 Å². The molecule has 4 rings (SSSR count). The molecule has 0 spiro atoms. The van der Waals surface area contributed by atoms with E-state index >= 15 is 0 Å². The number of hydrogen-bond donors (Lipinski definition) is 2. The third-order valence-corrected chi connectivity index (χ3v) is 5.29. The van der Waals surface area contributed by atoms with Gasteiger partial charge in [0.15, 0.2) is 0 Å². The molecule has 1 aromatic carbocycles. The molecule has 0 bridgehead atoms. The predicted octanol–water partition coefficient (Wildman–Crippen LogP) is 2.30. The molecule has 1 aromatic heterocycles. The first-order valence-corrected chi connectivity index (χ1v) is 8.21. The highest BCUT2D eigenvalue weighted by molar-refractivity contribution is 5.96. The van der Waals surface area contributed by atoms with Crippen LogP contribution in [-0.2, 0) is 0 Å². The van der Waals surface area contributed by atoms with Crippen LogP contribution in [0.3, 0.4) is 0 Å². The largest absolute Gasteiger partial charge is 0.381 e. The molecule has 23 heavy (non-hydrogen) atoms. The molecule has 3 unspecified atom stereocenters.